The minimum absolute atomic E-state index is 0.0246. The second-order valence-electron chi connectivity index (χ2n) is 14.1. The van der Waals surface area contributed by atoms with Gasteiger partial charge in [-0.1, -0.05) is 47.3 Å². The molecule has 2 amide bonds. The Hall–Kier alpha value is -3.20. The first-order chi connectivity index (χ1) is 23.2. The first-order valence-electron chi connectivity index (χ1n) is 17.6. The standard InChI is InChI=1S/C35H64N8O6/c1-12-26(18-38-24(5)25(6)47-11)42(10)41-31(36-9)17-30(39-32(44)28(23(3)4)21-48-27-19-37-20-27)33(45)43-16-14-15-29(40-43)34(46)49-22-35(7,8)13-2/h12,23,25-30,37-38,40H,1,5,13-22H2,2-4,6-11H3,(H,36,41)(H,39,44)/t25-,26?,28-,29-,30-/m0/s1. The number of likely N-dealkylation sites (N-methyl/N-ethyl adjacent to an activating group) is 1. The maximum absolute atomic E-state index is 14.2. The molecule has 2 fully saturated rings. The van der Waals surface area contributed by atoms with Crippen molar-refractivity contribution in [2.45, 2.75) is 97.6 Å². The largest absolute Gasteiger partial charge is 0.464 e. The lowest BCUT2D eigenvalue weighted by atomic mass is 9.92. The summed E-state index contributed by atoms with van der Waals surface area (Å²) in [5.41, 5.74) is 3.67. The molecule has 5 N–H and O–H groups in total. The first kappa shape index (κ1) is 42.0. The fraction of sp³-hybridized carbons (Fsp3) is 0.771. The van der Waals surface area contributed by atoms with Crippen LogP contribution < -0.4 is 26.7 Å². The number of hydrazone groups is 1. The summed E-state index contributed by atoms with van der Waals surface area (Å²) in [4.78, 5) is 41.0. The molecule has 0 aliphatic carbocycles. The number of hydrogen-bond acceptors (Lipinski definition) is 11. The number of esters is 1. The van der Waals surface area contributed by atoms with E-state index in [-0.39, 0.29) is 54.4 Å². The number of carbonyl (C=O) groups is 3. The third kappa shape index (κ3) is 13.6. The smallest absolute Gasteiger partial charge is 0.324 e. The van der Waals surface area contributed by atoms with Gasteiger partial charge in [-0.05, 0) is 37.5 Å². The lowest BCUT2D eigenvalue weighted by molar-refractivity contribution is -0.155. The van der Waals surface area contributed by atoms with Crippen LogP contribution in [-0.2, 0) is 28.6 Å². The van der Waals surface area contributed by atoms with Crippen LogP contribution in [0.4, 0.5) is 0 Å². The number of methoxy groups -OCH3 is 1. The molecular weight excluding hydrogens is 628 g/mol. The Morgan fingerprint density at radius 3 is 2.45 bits per heavy atom. The van der Waals surface area contributed by atoms with Gasteiger partial charge in [0.1, 0.15) is 17.9 Å². The molecule has 0 aromatic heterocycles. The monoisotopic (exact) mass is 692 g/mol. The molecule has 2 heterocycles. The van der Waals surface area contributed by atoms with Gasteiger partial charge in [0, 0.05) is 59.5 Å². The van der Waals surface area contributed by atoms with Crippen LogP contribution in [-0.4, -0.2) is 125 Å². The number of ether oxygens (including phenoxy) is 3. The molecule has 280 valence electrons. The fourth-order valence-electron chi connectivity index (χ4n) is 4.98. The van der Waals surface area contributed by atoms with Crippen molar-refractivity contribution in [3.05, 3.63) is 24.9 Å². The van der Waals surface area contributed by atoms with Crippen LogP contribution in [0.3, 0.4) is 0 Å². The topological polar surface area (TPSA) is 158 Å². The molecule has 0 spiro atoms. The third-order valence-corrected chi connectivity index (χ3v) is 9.41. The Morgan fingerprint density at radius 1 is 1.20 bits per heavy atom. The lowest BCUT2D eigenvalue weighted by Crippen LogP contribution is -2.61. The van der Waals surface area contributed by atoms with Gasteiger partial charge < -0.3 is 35.5 Å². The van der Waals surface area contributed by atoms with Crippen molar-refractivity contribution in [2.75, 3.05) is 60.6 Å². The van der Waals surface area contributed by atoms with Gasteiger partial charge in [0.25, 0.3) is 5.91 Å². The molecule has 0 aromatic carbocycles. The zero-order valence-electron chi connectivity index (χ0n) is 31.4. The summed E-state index contributed by atoms with van der Waals surface area (Å²) in [6, 6.07) is -1.87. The number of hydrazine groups is 1. The maximum Gasteiger partial charge on any atom is 0.324 e. The Morgan fingerprint density at radius 2 is 1.90 bits per heavy atom. The maximum atomic E-state index is 14.2. The molecule has 14 nitrogen and oxygen atoms in total. The molecule has 0 bridgehead atoms. The molecule has 1 unspecified atom stereocenters. The second-order valence-corrected chi connectivity index (χ2v) is 14.1. The van der Waals surface area contributed by atoms with Crippen molar-refractivity contribution in [2.24, 2.45) is 22.4 Å². The molecule has 2 aliphatic rings. The number of amides is 2. The third-order valence-electron chi connectivity index (χ3n) is 9.41. The minimum Gasteiger partial charge on any atom is -0.464 e. The molecule has 49 heavy (non-hydrogen) atoms. The van der Waals surface area contributed by atoms with Crippen LogP contribution in [0, 0.1) is 17.3 Å². The predicted octanol–water partition coefficient (Wildman–Crippen LogP) is 1.75. The van der Waals surface area contributed by atoms with Gasteiger partial charge in [-0.25, -0.2) is 5.43 Å². The van der Waals surface area contributed by atoms with Gasteiger partial charge in [-0.3, -0.25) is 24.4 Å². The highest BCUT2D eigenvalue weighted by atomic mass is 16.5. The van der Waals surface area contributed by atoms with Crippen LogP contribution in [0.15, 0.2) is 30.0 Å². The summed E-state index contributed by atoms with van der Waals surface area (Å²) in [6.07, 6.45) is 3.75. The molecular formula is C35H64N8O6. The van der Waals surface area contributed by atoms with E-state index >= 15 is 0 Å². The van der Waals surface area contributed by atoms with E-state index < -0.39 is 24.0 Å². The molecule has 14 heteroatoms. The van der Waals surface area contributed by atoms with Crippen molar-refractivity contribution < 1.29 is 28.6 Å². The molecule has 0 radical (unpaired) electrons. The van der Waals surface area contributed by atoms with E-state index in [4.69, 9.17) is 19.3 Å². The number of carbonyl (C=O) groups excluding carboxylic acids is 3. The van der Waals surface area contributed by atoms with Crippen LogP contribution in [0.25, 0.3) is 0 Å². The number of nitrogens with one attached hydrogen (secondary N) is 5. The van der Waals surface area contributed by atoms with Crippen LogP contribution in [0.5, 0.6) is 0 Å². The quantitative estimate of drug-likeness (QED) is 0.0393. The van der Waals surface area contributed by atoms with Crippen molar-refractivity contribution in [1.82, 2.24) is 36.7 Å². The van der Waals surface area contributed by atoms with Gasteiger partial charge >= 0.3 is 5.97 Å². The molecule has 0 saturated carbocycles. The predicted molar refractivity (Wildman–Crippen MR) is 192 cm³/mol. The van der Waals surface area contributed by atoms with E-state index in [0.29, 0.717) is 38.4 Å². The molecule has 2 saturated heterocycles. The van der Waals surface area contributed by atoms with E-state index in [2.05, 4.69) is 46.8 Å². The van der Waals surface area contributed by atoms with Gasteiger partial charge in [-0.2, -0.15) is 5.10 Å². The summed E-state index contributed by atoms with van der Waals surface area (Å²) in [7, 11) is 5.16. The zero-order chi connectivity index (χ0) is 36.7. The molecule has 5 atom stereocenters. The Labute approximate surface area is 294 Å². The normalized spacial score (nSPS) is 19.6. The van der Waals surface area contributed by atoms with Gasteiger partial charge in [0.15, 0.2) is 0 Å². The summed E-state index contributed by atoms with van der Waals surface area (Å²) in [6.45, 7) is 22.9. The Balaban J connectivity index is 2.27. The summed E-state index contributed by atoms with van der Waals surface area (Å²) >= 11 is 0. The van der Waals surface area contributed by atoms with Gasteiger partial charge in [0.05, 0.1) is 37.4 Å². The number of nitrogens with zero attached hydrogens (tertiary/aromatic N) is 3. The highest BCUT2D eigenvalue weighted by Gasteiger charge is 2.36. The van der Waals surface area contributed by atoms with Gasteiger partial charge in [0.2, 0.25) is 5.91 Å². The van der Waals surface area contributed by atoms with E-state index in [9.17, 15) is 14.4 Å². The molecule has 0 aromatic rings. The van der Waals surface area contributed by atoms with Gasteiger partial charge in [-0.15, -0.1) is 6.58 Å². The molecule has 2 aliphatic heterocycles. The summed E-state index contributed by atoms with van der Waals surface area (Å²) in [5, 5.41) is 20.5. The Bertz CT molecular complexity index is 1130. The van der Waals surface area contributed by atoms with E-state index in [1.807, 2.05) is 41.7 Å². The van der Waals surface area contributed by atoms with E-state index in [1.54, 1.807) is 25.2 Å². The van der Waals surface area contributed by atoms with Crippen molar-refractivity contribution >= 4 is 23.6 Å². The molecule has 2 rings (SSSR count). The zero-order valence-corrected chi connectivity index (χ0v) is 31.4. The highest BCUT2D eigenvalue weighted by molar-refractivity contribution is 5.94. The number of amidine groups is 1. The highest BCUT2D eigenvalue weighted by Crippen LogP contribution is 2.21. The minimum atomic E-state index is -0.984. The number of hydrogen-bond donors (Lipinski definition) is 5. The Kier molecular flexibility index (Phi) is 17.5. The van der Waals surface area contributed by atoms with Crippen LogP contribution in [0.1, 0.15) is 67.2 Å². The van der Waals surface area contributed by atoms with Crippen molar-refractivity contribution in [3.8, 4) is 0 Å². The van der Waals surface area contributed by atoms with E-state index in [0.717, 1.165) is 25.2 Å². The fourth-order valence-corrected chi connectivity index (χ4v) is 4.98. The average molecular weight is 693 g/mol. The first-order valence-corrected chi connectivity index (χ1v) is 17.6. The number of rotatable bonds is 21. The summed E-state index contributed by atoms with van der Waals surface area (Å²) < 4.78 is 16.9. The van der Waals surface area contributed by atoms with Crippen LogP contribution in [0.2, 0.25) is 0 Å². The summed E-state index contributed by atoms with van der Waals surface area (Å²) in [5.74, 6) is -1.06. The average Bonchev–Trinajstić information content (AvgIpc) is 3.06. The second kappa shape index (κ2) is 20.5. The van der Waals surface area contributed by atoms with E-state index in [1.165, 1.54) is 5.01 Å². The van der Waals surface area contributed by atoms with Crippen molar-refractivity contribution in [1.29, 1.82) is 0 Å². The SMILES string of the molecule is C=CC(CNC(=C)[C@H](C)OC)N(C)/N=C(/C[C@H](NC(=O)[C@@H](COC1CNC1)C(C)C)C(=O)N1CCC[C@@H](C(=O)OCC(C)(C)CC)N1)NC. The lowest BCUT2D eigenvalue weighted by Gasteiger charge is -2.36. The van der Waals surface area contributed by atoms with Crippen LogP contribution >= 0.6 is 0 Å². The van der Waals surface area contributed by atoms with Crippen molar-refractivity contribution in [3.63, 3.8) is 0 Å².